The molecule has 3 aromatic carbocycles. The number of nitro groups is 1. The third-order valence-corrected chi connectivity index (χ3v) is 4.58. The number of rotatable bonds is 7. The summed E-state index contributed by atoms with van der Waals surface area (Å²) in [6.07, 6.45) is -0.958. The fraction of sp³-hybridized carbons (Fsp3) is 0.136. The molecule has 3 aromatic rings. The lowest BCUT2D eigenvalue weighted by Gasteiger charge is -2.22. The van der Waals surface area contributed by atoms with Crippen LogP contribution in [0.2, 0.25) is 0 Å². The fourth-order valence-corrected chi connectivity index (χ4v) is 2.99. The zero-order valence-corrected chi connectivity index (χ0v) is 15.6. The highest BCUT2D eigenvalue weighted by molar-refractivity contribution is 6.09. The van der Waals surface area contributed by atoms with Crippen LogP contribution in [0.4, 0.5) is 11.4 Å². The molecular weight excluding hydrogens is 372 g/mol. The van der Waals surface area contributed by atoms with Crippen molar-refractivity contribution in [1.29, 1.82) is 0 Å². The molecule has 0 heterocycles. The molecule has 0 amide bonds. The number of aromatic hydroxyl groups is 1. The molecule has 0 radical (unpaired) electrons. The molecule has 3 rings (SSSR count). The molecule has 7 nitrogen and oxygen atoms in total. The van der Waals surface area contributed by atoms with Crippen LogP contribution in [0.1, 0.15) is 34.5 Å². The molecule has 29 heavy (non-hydrogen) atoms. The zero-order chi connectivity index (χ0) is 21.0. The first-order valence-corrected chi connectivity index (χ1v) is 8.98. The molecule has 0 bridgehead atoms. The lowest BCUT2D eigenvalue weighted by Crippen LogP contribution is -2.24. The molecule has 0 aliphatic heterocycles. The average Bonchev–Trinajstić information content (AvgIpc) is 2.74. The van der Waals surface area contributed by atoms with Gasteiger partial charge in [0.1, 0.15) is 11.4 Å². The number of aliphatic hydroxyl groups is 1. The number of carbonyl (C=O) groups excluding carboxylic acids is 1. The second-order valence-corrected chi connectivity index (χ2v) is 6.65. The van der Waals surface area contributed by atoms with Crippen LogP contribution < -0.4 is 5.32 Å². The SMILES string of the molecule is C[C@H](Nc1ccc(C(=O)c2ccccc2)cc1[N+](=O)[O-])[C@@H](O)c1ccc(O)cc1. The highest BCUT2D eigenvalue weighted by Crippen LogP contribution is 2.30. The normalized spacial score (nSPS) is 12.8. The molecule has 3 N–H and O–H groups in total. The van der Waals surface area contributed by atoms with E-state index in [4.69, 9.17) is 0 Å². The van der Waals surface area contributed by atoms with Crippen LogP contribution in [0.5, 0.6) is 5.75 Å². The maximum atomic E-state index is 12.6. The van der Waals surface area contributed by atoms with Gasteiger partial charge in [-0.1, -0.05) is 42.5 Å². The van der Waals surface area contributed by atoms with Gasteiger partial charge in [-0.05, 0) is 36.8 Å². The third kappa shape index (κ3) is 4.59. The maximum absolute atomic E-state index is 12.6. The summed E-state index contributed by atoms with van der Waals surface area (Å²) < 4.78 is 0. The number of nitrogens with zero attached hydrogens (tertiary/aromatic N) is 1. The van der Waals surface area contributed by atoms with Crippen molar-refractivity contribution in [3.63, 3.8) is 0 Å². The number of nitro benzene ring substituents is 1. The quantitative estimate of drug-likeness (QED) is 0.317. The van der Waals surface area contributed by atoms with Crippen molar-refractivity contribution in [3.05, 3.63) is 99.6 Å². The Labute approximate surface area is 167 Å². The van der Waals surface area contributed by atoms with Gasteiger partial charge >= 0.3 is 0 Å². The first-order chi connectivity index (χ1) is 13.9. The number of aliphatic hydroxyl groups excluding tert-OH is 1. The molecule has 0 saturated heterocycles. The number of ketones is 1. The molecule has 0 fully saturated rings. The van der Waals surface area contributed by atoms with E-state index in [9.17, 15) is 25.1 Å². The van der Waals surface area contributed by atoms with Gasteiger partial charge in [0.15, 0.2) is 5.78 Å². The Bertz CT molecular complexity index is 1020. The number of phenolic OH excluding ortho intramolecular Hbond substituents is 1. The van der Waals surface area contributed by atoms with Gasteiger partial charge in [0.25, 0.3) is 5.69 Å². The summed E-state index contributed by atoms with van der Waals surface area (Å²) in [5.74, 6) is -0.228. The lowest BCUT2D eigenvalue weighted by molar-refractivity contribution is -0.384. The van der Waals surface area contributed by atoms with Crippen molar-refractivity contribution in [2.75, 3.05) is 5.32 Å². The summed E-state index contributed by atoms with van der Waals surface area (Å²) in [5.41, 5.74) is 1.15. The minimum atomic E-state index is -0.958. The van der Waals surface area contributed by atoms with E-state index in [-0.39, 0.29) is 28.5 Å². The van der Waals surface area contributed by atoms with E-state index in [0.29, 0.717) is 11.1 Å². The molecule has 148 valence electrons. The van der Waals surface area contributed by atoms with Gasteiger partial charge in [-0.15, -0.1) is 0 Å². The Balaban J connectivity index is 1.84. The van der Waals surface area contributed by atoms with Crippen molar-refractivity contribution in [1.82, 2.24) is 0 Å². The zero-order valence-electron chi connectivity index (χ0n) is 15.6. The first-order valence-electron chi connectivity index (χ1n) is 8.98. The first kappa shape index (κ1) is 20.0. The van der Waals surface area contributed by atoms with E-state index in [1.807, 2.05) is 0 Å². The number of hydrogen-bond acceptors (Lipinski definition) is 6. The number of carbonyl (C=O) groups is 1. The van der Waals surface area contributed by atoms with Gasteiger partial charge in [0, 0.05) is 17.2 Å². The van der Waals surface area contributed by atoms with Crippen molar-refractivity contribution in [3.8, 4) is 5.75 Å². The topological polar surface area (TPSA) is 113 Å². The molecule has 0 aliphatic rings. The average molecular weight is 392 g/mol. The van der Waals surface area contributed by atoms with Crippen molar-refractivity contribution >= 4 is 17.2 Å². The van der Waals surface area contributed by atoms with Gasteiger partial charge < -0.3 is 15.5 Å². The lowest BCUT2D eigenvalue weighted by atomic mass is 10.0. The molecule has 0 spiro atoms. The highest BCUT2D eigenvalue weighted by atomic mass is 16.6. The van der Waals surface area contributed by atoms with Gasteiger partial charge in [0.2, 0.25) is 0 Å². The van der Waals surface area contributed by atoms with Crippen LogP contribution in [-0.4, -0.2) is 27.0 Å². The van der Waals surface area contributed by atoms with Gasteiger partial charge in [-0.3, -0.25) is 14.9 Å². The summed E-state index contributed by atoms with van der Waals surface area (Å²) in [4.78, 5) is 23.6. The Kier molecular flexibility index (Phi) is 5.90. The second-order valence-electron chi connectivity index (χ2n) is 6.65. The predicted molar refractivity (Wildman–Crippen MR) is 109 cm³/mol. The van der Waals surface area contributed by atoms with E-state index >= 15 is 0 Å². The van der Waals surface area contributed by atoms with Crippen LogP contribution in [0.15, 0.2) is 72.8 Å². The predicted octanol–water partition coefficient (Wildman–Crippen LogP) is 4.07. The van der Waals surface area contributed by atoms with Crippen LogP contribution in [-0.2, 0) is 0 Å². The van der Waals surface area contributed by atoms with Gasteiger partial charge in [-0.2, -0.15) is 0 Å². The van der Waals surface area contributed by atoms with Crippen molar-refractivity contribution in [2.45, 2.75) is 19.1 Å². The van der Waals surface area contributed by atoms with E-state index in [0.717, 1.165) is 0 Å². The number of hydrogen-bond donors (Lipinski definition) is 3. The molecule has 0 unspecified atom stereocenters. The number of benzene rings is 3. The molecule has 0 saturated carbocycles. The van der Waals surface area contributed by atoms with Crippen LogP contribution in [0, 0.1) is 10.1 Å². The Morgan fingerprint density at radius 1 is 1.00 bits per heavy atom. The summed E-state index contributed by atoms with van der Waals surface area (Å²) in [6, 6.07) is 18.3. The van der Waals surface area contributed by atoms with Crippen molar-refractivity contribution in [2.24, 2.45) is 0 Å². The minimum Gasteiger partial charge on any atom is -0.508 e. The number of phenols is 1. The third-order valence-electron chi connectivity index (χ3n) is 4.58. The molecule has 0 aliphatic carbocycles. The van der Waals surface area contributed by atoms with Crippen LogP contribution in [0.3, 0.4) is 0 Å². The summed E-state index contributed by atoms with van der Waals surface area (Å²) >= 11 is 0. The number of anilines is 1. The monoisotopic (exact) mass is 392 g/mol. The Hall–Kier alpha value is -3.71. The second kappa shape index (κ2) is 8.53. The van der Waals surface area contributed by atoms with Crippen LogP contribution in [0.25, 0.3) is 0 Å². The van der Waals surface area contributed by atoms with Gasteiger partial charge in [-0.25, -0.2) is 0 Å². The molecule has 7 heteroatoms. The minimum absolute atomic E-state index is 0.0795. The summed E-state index contributed by atoms with van der Waals surface area (Å²) in [5, 5.41) is 34.4. The smallest absolute Gasteiger partial charge is 0.293 e. The molecule has 2 atom stereocenters. The van der Waals surface area contributed by atoms with Gasteiger partial charge in [0.05, 0.1) is 17.1 Å². The Morgan fingerprint density at radius 2 is 1.66 bits per heavy atom. The molecular formula is C22H20N2O5. The Morgan fingerprint density at radius 3 is 2.28 bits per heavy atom. The molecule has 0 aromatic heterocycles. The van der Waals surface area contributed by atoms with Crippen molar-refractivity contribution < 1.29 is 19.9 Å². The van der Waals surface area contributed by atoms with E-state index in [1.165, 1.54) is 30.3 Å². The number of nitrogens with one attached hydrogen (secondary N) is 1. The van der Waals surface area contributed by atoms with E-state index in [2.05, 4.69) is 5.32 Å². The van der Waals surface area contributed by atoms with E-state index < -0.39 is 17.1 Å². The maximum Gasteiger partial charge on any atom is 0.293 e. The standard InChI is InChI=1S/C22H20N2O5/c1-14(21(26)16-7-10-18(25)11-8-16)23-19-12-9-17(13-20(19)24(28)29)22(27)15-5-3-2-4-6-15/h2-14,21,23,25-26H,1H3/t14-,21+/m0/s1. The fourth-order valence-electron chi connectivity index (χ4n) is 2.99. The summed E-state index contributed by atoms with van der Waals surface area (Å²) in [7, 11) is 0. The summed E-state index contributed by atoms with van der Waals surface area (Å²) in [6.45, 7) is 1.68. The van der Waals surface area contributed by atoms with E-state index in [1.54, 1.807) is 49.4 Å². The largest absolute Gasteiger partial charge is 0.508 e. The van der Waals surface area contributed by atoms with Crippen LogP contribution >= 0.6 is 0 Å². The highest BCUT2D eigenvalue weighted by Gasteiger charge is 2.22.